The topological polar surface area (TPSA) is 311 Å². The number of rotatable bonds is 46. The average molecular weight is 1150 g/mol. The summed E-state index contributed by atoms with van der Waals surface area (Å²) in [6, 6.07) is 5.70. The van der Waals surface area contributed by atoms with Gasteiger partial charge in [0.05, 0.1) is 144 Å². The second-order valence-corrected chi connectivity index (χ2v) is 18.7. The maximum absolute atomic E-state index is 13.7. The molecular weight excluding hydrogens is 1070 g/mol. The van der Waals surface area contributed by atoms with Gasteiger partial charge in [0.2, 0.25) is 17.7 Å². The predicted octanol–water partition coefficient (Wildman–Crippen LogP) is 2.04. The van der Waals surface area contributed by atoms with Crippen molar-refractivity contribution >= 4 is 53.2 Å². The summed E-state index contributed by atoms with van der Waals surface area (Å²) in [7, 11) is 0. The highest BCUT2D eigenvalue weighted by Gasteiger charge is 2.26. The molecule has 26 heteroatoms. The summed E-state index contributed by atoms with van der Waals surface area (Å²) in [5, 5.41) is 8.20. The van der Waals surface area contributed by atoms with Crippen LogP contribution in [0.15, 0.2) is 53.3 Å². The number of fused-ring (bicyclic) bond motifs is 1. The van der Waals surface area contributed by atoms with E-state index in [1.54, 1.807) is 17.3 Å². The Kier molecular flexibility index (Phi) is 33.1. The number of amidine groups is 1. The number of aromatic nitrogens is 2. The number of nitrogens with one attached hydrogen (secondary N) is 3. The first-order chi connectivity index (χ1) is 40.1. The maximum Gasteiger partial charge on any atom is 0.407 e. The van der Waals surface area contributed by atoms with Gasteiger partial charge in [-0.1, -0.05) is 19.1 Å². The number of nitrogens with zero attached hydrogens (tertiary/aromatic N) is 5. The minimum absolute atomic E-state index is 0.0179. The molecule has 3 aliphatic rings. The van der Waals surface area contributed by atoms with Crippen LogP contribution in [0, 0.1) is 0 Å². The number of nitrogens with two attached hydrogens (primary N) is 1. The molecule has 1 aromatic heterocycles. The van der Waals surface area contributed by atoms with Crippen molar-refractivity contribution in [2.45, 2.75) is 64.5 Å². The molecule has 1 fully saturated rings. The van der Waals surface area contributed by atoms with Gasteiger partial charge in [0.1, 0.15) is 24.3 Å². The van der Waals surface area contributed by atoms with Gasteiger partial charge in [0, 0.05) is 80.3 Å². The highest BCUT2D eigenvalue weighted by Crippen LogP contribution is 2.32. The van der Waals surface area contributed by atoms with Crippen LogP contribution in [-0.2, 0) is 82.6 Å². The van der Waals surface area contributed by atoms with E-state index in [0.29, 0.717) is 168 Å². The molecule has 0 atom stereocenters. The monoisotopic (exact) mass is 1150 g/mol. The van der Waals surface area contributed by atoms with Gasteiger partial charge < -0.3 is 78.7 Å². The van der Waals surface area contributed by atoms with Crippen molar-refractivity contribution < 1.29 is 80.9 Å². The van der Waals surface area contributed by atoms with Gasteiger partial charge in [-0.15, -0.1) is 0 Å². The molecule has 0 bridgehead atoms. The van der Waals surface area contributed by atoms with Crippen molar-refractivity contribution in [3.05, 3.63) is 59.7 Å². The summed E-state index contributed by atoms with van der Waals surface area (Å²) in [5.41, 5.74) is 9.85. The molecule has 2 aliphatic heterocycles. The number of aliphatic imine (C=N–C) groups is 1. The van der Waals surface area contributed by atoms with E-state index in [-0.39, 0.29) is 63.6 Å². The van der Waals surface area contributed by atoms with Gasteiger partial charge >= 0.3 is 6.09 Å². The number of carbonyl (C=O) groups excluding carboxylic acids is 6. The molecule has 5 N–H and O–H groups in total. The van der Waals surface area contributed by atoms with E-state index in [9.17, 15) is 28.8 Å². The summed E-state index contributed by atoms with van der Waals surface area (Å²) in [6.45, 7) is 11.5. The van der Waals surface area contributed by atoms with Crippen molar-refractivity contribution in [1.29, 1.82) is 0 Å². The van der Waals surface area contributed by atoms with E-state index in [0.717, 1.165) is 59.4 Å². The lowest BCUT2D eigenvalue weighted by Gasteiger charge is -2.25. The molecule has 454 valence electrons. The summed E-state index contributed by atoms with van der Waals surface area (Å²) in [5.74, 6) is -0.965. The Morgan fingerprint density at radius 2 is 1.16 bits per heavy atom. The van der Waals surface area contributed by atoms with Crippen LogP contribution in [0.2, 0.25) is 0 Å². The van der Waals surface area contributed by atoms with Gasteiger partial charge in [-0.2, -0.15) is 0 Å². The number of amides is 6. The molecule has 1 saturated carbocycles. The Hall–Kier alpha value is -6.33. The third-order valence-electron chi connectivity index (χ3n) is 12.3. The number of imide groups is 1. The van der Waals surface area contributed by atoms with Gasteiger partial charge in [-0.05, 0) is 49.8 Å². The van der Waals surface area contributed by atoms with E-state index in [2.05, 4.69) is 30.9 Å². The molecule has 0 unspecified atom stereocenters. The summed E-state index contributed by atoms with van der Waals surface area (Å²) in [4.78, 5) is 89.2. The minimum Gasteiger partial charge on any atom is -0.446 e. The second-order valence-electron chi connectivity index (χ2n) is 18.7. The molecule has 26 nitrogen and oxygen atoms in total. The Morgan fingerprint density at radius 3 is 1.67 bits per heavy atom. The first-order valence-corrected chi connectivity index (χ1v) is 28.2. The van der Waals surface area contributed by atoms with Crippen LogP contribution in [0.1, 0.15) is 63.3 Å². The van der Waals surface area contributed by atoms with Crippen LogP contribution < -0.4 is 21.7 Å². The van der Waals surface area contributed by atoms with E-state index < -0.39 is 23.8 Å². The van der Waals surface area contributed by atoms with Gasteiger partial charge in [-0.3, -0.25) is 28.9 Å². The first kappa shape index (κ1) is 66.5. The highest BCUT2D eigenvalue weighted by molar-refractivity contribution is 6.14. The Bertz CT molecular complexity index is 2320. The smallest absolute Gasteiger partial charge is 0.407 e. The highest BCUT2D eigenvalue weighted by atomic mass is 16.6. The van der Waals surface area contributed by atoms with E-state index in [1.807, 2.05) is 31.2 Å². The standard InChI is InChI=1S/C56H83N9O17/c1-2-14-64(15-4-12-59-56(71)82-47-5-3-6-47)55(70)45-36-44-8-7-43(37-48(44)63-49(57)38-45)46-39-60-50(61-40-46)41-62-51(66)11-16-72-18-20-74-22-24-76-26-28-78-30-32-80-34-35-81-33-31-79-29-27-77-25-23-75-21-19-73-17-13-58-52(67)42-65-53(68)9-10-54(65)69/h7-10,36-37,39-40,47H,2-6,11-35,38,41-42H2,1H3,(H2,57,63)(H,58,67)(H,59,71)(H,62,66). The summed E-state index contributed by atoms with van der Waals surface area (Å²) in [6.07, 6.45) is 11.8. The van der Waals surface area contributed by atoms with Crippen LogP contribution in [0.5, 0.6) is 0 Å². The van der Waals surface area contributed by atoms with E-state index in [1.165, 1.54) is 0 Å². The zero-order valence-electron chi connectivity index (χ0n) is 47.3. The molecule has 0 spiro atoms. The third-order valence-corrected chi connectivity index (χ3v) is 12.3. The molecule has 2 aromatic rings. The molecule has 6 amide bonds. The molecule has 1 aromatic carbocycles. The Labute approximate surface area is 479 Å². The second kappa shape index (κ2) is 40.8. The molecular formula is C56H83N9O17. The Balaban J connectivity index is 0.754. The summed E-state index contributed by atoms with van der Waals surface area (Å²) < 4.78 is 60.3. The van der Waals surface area contributed by atoms with E-state index in [4.69, 9.17) is 57.8 Å². The Morgan fingerprint density at radius 1 is 0.634 bits per heavy atom. The zero-order valence-corrected chi connectivity index (χ0v) is 47.3. The number of benzene rings is 1. The number of ether oxygens (including phenoxy) is 11. The fourth-order valence-electron chi connectivity index (χ4n) is 7.79. The lowest BCUT2D eigenvalue weighted by molar-refractivity contribution is -0.141. The quantitative estimate of drug-likeness (QED) is 0.0544. The van der Waals surface area contributed by atoms with Crippen LogP contribution in [-0.4, -0.2) is 232 Å². The molecule has 0 radical (unpaired) electrons. The van der Waals surface area contributed by atoms with Crippen LogP contribution in [0.4, 0.5) is 10.5 Å². The van der Waals surface area contributed by atoms with Crippen molar-refractivity contribution in [2.24, 2.45) is 10.7 Å². The third kappa shape index (κ3) is 27.6. The molecule has 82 heavy (non-hydrogen) atoms. The lowest BCUT2D eigenvalue weighted by atomic mass is 9.96. The normalized spacial score (nSPS) is 14.0. The zero-order chi connectivity index (χ0) is 58.2. The van der Waals surface area contributed by atoms with Crippen LogP contribution in [0.3, 0.4) is 0 Å². The molecule has 3 heterocycles. The number of hydrogen-bond donors (Lipinski definition) is 4. The van der Waals surface area contributed by atoms with Crippen molar-refractivity contribution in [3.63, 3.8) is 0 Å². The fourth-order valence-corrected chi connectivity index (χ4v) is 7.79. The fraction of sp³-hybridized carbons (Fsp3) is 0.625. The largest absolute Gasteiger partial charge is 0.446 e. The van der Waals surface area contributed by atoms with Crippen molar-refractivity contribution in [2.75, 3.05) is 165 Å². The molecule has 0 saturated heterocycles. The number of carbonyl (C=O) groups is 6. The van der Waals surface area contributed by atoms with Gasteiger partial charge in [-0.25, -0.2) is 19.8 Å². The van der Waals surface area contributed by atoms with E-state index >= 15 is 0 Å². The SMILES string of the molecule is CCCN(CCCNC(=O)OC1CCC1)C(=O)C1=Cc2ccc(-c3cnc(CNC(=O)CCOCCOCCOCCOCCOCCOCCOCCOCCOCCOCCNC(=O)CN4C(=O)C=CC4=O)nc3)cc2N=C(N)C1. The van der Waals surface area contributed by atoms with Crippen LogP contribution >= 0.6 is 0 Å². The average Bonchev–Trinajstić information content (AvgIpc) is 3.72. The molecule has 5 rings (SSSR count). The van der Waals surface area contributed by atoms with Crippen molar-refractivity contribution in [3.8, 4) is 11.1 Å². The first-order valence-electron chi connectivity index (χ1n) is 28.2. The predicted molar refractivity (Wildman–Crippen MR) is 298 cm³/mol. The van der Waals surface area contributed by atoms with Crippen molar-refractivity contribution in [1.82, 2.24) is 35.7 Å². The minimum atomic E-state index is -0.501. The number of alkyl carbamates (subject to hydrolysis) is 1. The van der Waals surface area contributed by atoms with Gasteiger partial charge in [0.25, 0.3) is 11.8 Å². The summed E-state index contributed by atoms with van der Waals surface area (Å²) >= 11 is 0. The molecule has 1 aliphatic carbocycles. The lowest BCUT2D eigenvalue weighted by Crippen LogP contribution is -2.41. The maximum atomic E-state index is 13.7. The van der Waals surface area contributed by atoms with Crippen LogP contribution in [0.25, 0.3) is 17.2 Å². The van der Waals surface area contributed by atoms with Gasteiger partial charge in [0.15, 0.2) is 0 Å². The number of hydrogen-bond acceptors (Lipinski definition) is 21.